The van der Waals surface area contributed by atoms with Gasteiger partial charge in [0.15, 0.2) is 0 Å². The Morgan fingerprint density at radius 3 is 1.78 bits per heavy atom. The highest BCUT2D eigenvalue weighted by molar-refractivity contribution is 5.47. The van der Waals surface area contributed by atoms with Crippen molar-refractivity contribution >= 4 is 0 Å². The summed E-state index contributed by atoms with van der Waals surface area (Å²) in [7, 11) is 0. The molecule has 0 spiro atoms. The lowest BCUT2D eigenvalue weighted by Crippen LogP contribution is -2.66. The second-order valence-corrected chi connectivity index (χ2v) is 19.5. The fourth-order valence-corrected chi connectivity index (χ4v) is 14.5. The molecule has 5 aliphatic rings. The number of rotatable bonds is 7. The number of aliphatic hydroxyl groups is 1. The molecule has 3 aromatic rings. The van der Waals surface area contributed by atoms with Crippen LogP contribution < -0.4 is 0 Å². The van der Waals surface area contributed by atoms with Gasteiger partial charge in [-0.2, -0.15) is 0 Å². The average molecular weight is 685 g/mol. The van der Waals surface area contributed by atoms with Gasteiger partial charge in [-0.05, 0) is 144 Å². The Balaban J connectivity index is 1.19. The van der Waals surface area contributed by atoms with Crippen LogP contribution in [0, 0.1) is 56.7 Å². The highest BCUT2D eigenvalue weighted by Crippen LogP contribution is 2.77. The van der Waals surface area contributed by atoms with E-state index in [2.05, 4.69) is 133 Å². The van der Waals surface area contributed by atoms with Gasteiger partial charge in [0, 0.05) is 0 Å². The van der Waals surface area contributed by atoms with Crippen molar-refractivity contribution in [3.63, 3.8) is 0 Å². The molecule has 0 bridgehead atoms. The molecule has 0 saturated heterocycles. The Labute approximate surface area is 309 Å². The molecule has 2 heteroatoms. The number of fused-ring (bicyclic) bond motifs is 7. The molecule has 0 aromatic heterocycles. The van der Waals surface area contributed by atoms with Crippen LogP contribution in [0.4, 0.5) is 0 Å². The Morgan fingerprint density at radius 2 is 1.24 bits per heavy atom. The highest BCUT2D eigenvalue weighted by atomic mass is 16.5. The maximum absolute atomic E-state index is 11.2. The molecular formula is C49H64O2. The number of hydrogen-bond donors (Lipinski definition) is 1. The summed E-state index contributed by atoms with van der Waals surface area (Å²) in [5.74, 6) is 3.12. The number of ether oxygens (including phenoxy) is 1. The first-order valence-electron chi connectivity index (χ1n) is 20.5. The third-order valence-corrected chi connectivity index (χ3v) is 17.3. The van der Waals surface area contributed by atoms with Crippen LogP contribution in [-0.2, 0) is 10.3 Å². The van der Waals surface area contributed by atoms with E-state index in [1.807, 2.05) is 0 Å². The normalized spacial score (nSPS) is 40.0. The third kappa shape index (κ3) is 5.01. The smallest absolute Gasteiger partial charge is 0.143 e. The molecule has 3 aromatic carbocycles. The minimum Gasteiger partial charge on any atom is -0.393 e. The van der Waals surface area contributed by atoms with E-state index in [0.29, 0.717) is 40.4 Å². The van der Waals surface area contributed by atoms with E-state index in [0.717, 1.165) is 13.0 Å². The fourth-order valence-electron chi connectivity index (χ4n) is 14.5. The Morgan fingerprint density at radius 1 is 0.667 bits per heavy atom. The molecule has 2 nitrogen and oxygen atoms in total. The summed E-state index contributed by atoms with van der Waals surface area (Å²) < 4.78 is 7.77. The summed E-state index contributed by atoms with van der Waals surface area (Å²) >= 11 is 0. The van der Waals surface area contributed by atoms with Crippen molar-refractivity contribution in [2.24, 2.45) is 56.7 Å². The molecule has 5 fully saturated rings. The van der Waals surface area contributed by atoms with Gasteiger partial charge in [0.1, 0.15) is 5.60 Å². The Bertz CT molecular complexity index is 1620. The quantitative estimate of drug-likeness (QED) is 0.198. The van der Waals surface area contributed by atoms with Gasteiger partial charge in [-0.15, -0.1) is 0 Å². The second kappa shape index (κ2) is 12.4. The number of aliphatic hydroxyl groups excluding tert-OH is 1. The molecule has 0 aliphatic heterocycles. The summed E-state index contributed by atoms with van der Waals surface area (Å²) in [6, 6.07) is 33.0. The molecule has 5 aliphatic carbocycles. The molecule has 272 valence electrons. The number of benzene rings is 3. The zero-order valence-electron chi connectivity index (χ0n) is 32.5. The van der Waals surface area contributed by atoms with Crippen molar-refractivity contribution in [2.45, 2.75) is 117 Å². The molecule has 0 radical (unpaired) electrons. The molecular weight excluding hydrogens is 621 g/mol. The van der Waals surface area contributed by atoms with Crippen LogP contribution in [0.1, 0.15) is 122 Å². The maximum atomic E-state index is 11.2. The van der Waals surface area contributed by atoms with E-state index in [4.69, 9.17) is 11.3 Å². The molecule has 51 heavy (non-hydrogen) atoms. The first-order valence-corrected chi connectivity index (χ1v) is 20.5. The van der Waals surface area contributed by atoms with Crippen LogP contribution in [0.5, 0.6) is 0 Å². The SMILES string of the molecule is C=C(C)C1CC[C@]2(COC(c3ccccc3)(c3ccccc3)c3ccccc3)CC[C@]3(C)[C@H](CCC4[C@@]5(C)CC[C@H](O)C(C)(C)C5CC[C@]43C)C12. The van der Waals surface area contributed by atoms with E-state index in [1.165, 1.54) is 80.1 Å². The van der Waals surface area contributed by atoms with Gasteiger partial charge < -0.3 is 9.84 Å². The van der Waals surface area contributed by atoms with Gasteiger partial charge in [0.2, 0.25) is 0 Å². The molecule has 1 N–H and O–H groups in total. The average Bonchev–Trinajstić information content (AvgIpc) is 3.52. The lowest BCUT2D eigenvalue weighted by molar-refractivity contribution is -0.251. The molecule has 8 rings (SSSR count). The Hall–Kier alpha value is -2.68. The Kier molecular flexibility index (Phi) is 8.63. The first kappa shape index (κ1) is 35.4. The predicted octanol–water partition coefficient (Wildman–Crippen LogP) is 12.0. The summed E-state index contributed by atoms with van der Waals surface area (Å²) in [5.41, 5.74) is 5.28. The van der Waals surface area contributed by atoms with Crippen molar-refractivity contribution in [3.8, 4) is 0 Å². The van der Waals surface area contributed by atoms with Crippen LogP contribution in [0.15, 0.2) is 103 Å². The molecule has 4 unspecified atom stereocenters. The third-order valence-electron chi connectivity index (χ3n) is 17.3. The van der Waals surface area contributed by atoms with Gasteiger partial charge in [-0.25, -0.2) is 0 Å². The molecule has 0 heterocycles. The van der Waals surface area contributed by atoms with Crippen LogP contribution in [0.25, 0.3) is 0 Å². The second-order valence-electron chi connectivity index (χ2n) is 19.5. The predicted molar refractivity (Wildman–Crippen MR) is 210 cm³/mol. The van der Waals surface area contributed by atoms with Crippen LogP contribution in [0.3, 0.4) is 0 Å². The standard InChI is InChI=1S/C49H64O2/c1-34(2)38-25-30-48(33-51-49(35-17-11-8-12-18-35,36-19-13-9-14-20-36)37-21-15-10-16-22-37)32-31-46(6)39(43(38)48)23-24-41-45(5)28-27-42(50)44(3,4)40(45)26-29-47(41,46)7/h8-22,38-43,50H,1,23-33H2,2-7H3/t38?,39-,40?,41?,42+,43?,45+,46-,47-,48-/m1/s1. The minimum absolute atomic E-state index is 0.00952. The number of hydrogen-bond acceptors (Lipinski definition) is 2. The van der Waals surface area contributed by atoms with Crippen molar-refractivity contribution in [1.82, 2.24) is 0 Å². The fraction of sp³-hybridized carbons (Fsp3) is 0.592. The van der Waals surface area contributed by atoms with Crippen molar-refractivity contribution in [2.75, 3.05) is 6.61 Å². The summed E-state index contributed by atoms with van der Waals surface area (Å²) in [6.07, 6.45) is 12.1. The molecule has 10 atom stereocenters. The van der Waals surface area contributed by atoms with E-state index < -0.39 is 5.60 Å². The minimum atomic E-state index is -0.694. The topological polar surface area (TPSA) is 29.5 Å². The van der Waals surface area contributed by atoms with Gasteiger partial charge >= 0.3 is 0 Å². The van der Waals surface area contributed by atoms with Gasteiger partial charge in [0.05, 0.1) is 12.7 Å². The number of allylic oxidation sites excluding steroid dienone is 1. The summed E-state index contributed by atoms with van der Waals surface area (Å²) in [6.45, 7) is 20.7. The van der Waals surface area contributed by atoms with Crippen LogP contribution in [-0.4, -0.2) is 17.8 Å². The van der Waals surface area contributed by atoms with Gasteiger partial charge in [0.25, 0.3) is 0 Å². The van der Waals surface area contributed by atoms with Crippen LogP contribution >= 0.6 is 0 Å². The monoisotopic (exact) mass is 684 g/mol. The zero-order valence-corrected chi connectivity index (χ0v) is 32.5. The van der Waals surface area contributed by atoms with E-state index in [-0.39, 0.29) is 22.3 Å². The van der Waals surface area contributed by atoms with Crippen molar-refractivity contribution in [3.05, 3.63) is 120 Å². The summed E-state index contributed by atoms with van der Waals surface area (Å²) in [5, 5.41) is 11.2. The maximum Gasteiger partial charge on any atom is 0.143 e. The van der Waals surface area contributed by atoms with Gasteiger partial charge in [-0.3, -0.25) is 0 Å². The van der Waals surface area contributed by atoms with E-state index in [1.54, 1.807) is 0 Å². The van der Waals surface area contributed by atoms with Gasteiger partial charge in [-0.1, -0.05) is 138 Å². The van der Waals surface area contributed by atoms with E-state index in [9.17, 15) is 5.11 Å². The lowest BCUT2D eigenvalue weighted by atomic mass is 9.32. The van der Waals surface area contributed by atoms with Crippen LogP contribution in [0.2, 0.25) is 0 Å². The van der Waals surface area contributed by atoms with E-state index >= 15 is 0 Å². The first-order chi connectivity index (χ1) is 24.3. The molecule has 5 saturated carbocycles. The van der Waals surface area contributed by atoms with Crippen molar-refractivity contribution < 1.29 is 9.84 Å². The van der Waals surface area contributed by atoms with Crippen molar-refractivity contribution in [1.29, 1.82) is 0 Å². The largest absolute Gasteiger partial charge is 0.393 e. The zero-order chi connectivity index (χ0) is 35.9. The lowest BCUT2D eigenvalue weighted by Gasteiger charge is -2.73. The highest BCUT2D eigenvalue weighted by Gasteiger charge is 2.71. The molecule has 0 amide bonds. The summed E-state index contributed by atoms with van der Waals surface area (Å²) in [4.78, 5) is 0.